The average molecular weight is 289 g/mol. The Bertz CT molecular complexity index is 415. The predicted molar refractivity (Wildman–Crippen MR) is 85.3 cm³/mol. The zero-order chi connectivity index (χ0) is 14.7. The molecule has 0 amide bonds. The lowest BCUT2D eigenvalue weighted by atomic mass is 9.89. The number of hydrogen-bond acceptors (Lipinski definition) is 1. The number of piperidine rings is 2. The normalized spacial score (nSPS) is 37.3. The Morgan fingerprint density at radius 2 is 1.86 bits per heavy atom. The molecule has 0 saturated carbocycles. The fraction of sp³-hybridized carbons (Fsp3) is 0.722. The second-order valence-electron chi connectivity index (χ2n) is 7.57. The third kappa shape index (κ3) is 4.04. The maximum Gasteiger partial charge on any atom is 0.104 e. The second-order valence-corrected chi connectivity index (χ2v) is 7.57. The van der Waals surface area contributed by atoms with Gasteiger partial charge in [-0.15, -0.1) is 0 Å². The highest BCUT2D eigenvalue weighted by molar-refractivity contribution is 5.06. The van der Waals surface area contributed by atoms with Crippen LogP contribution in [0, 0.1) is 11.8 Å². The van der Waals surface area contributed by atoms with E-state index in [1.54, 1.807) is 4.90 Å². The number of nitrogens with zero attached hydrogens (tertiary/aromatic N) is 1. The number of aromatic nitrogens is 1. The van der Waals surface area contributed by atoms with Gasteiger partial charge in [-0.05, 0) is 12.5 Å². The molecule has 0 bridgehead atoms. The lowest BCUT2D eigenvalue weighted by Crippen LogP contribution is -3.21. The van der Waals surface area contributed by atoms with Gasteiger partial charge in [0.25, 0.3) is 0 Å². The monoisotopic (exact) mass is 289 g/mol. The van der Waals surface area contributed by atoms with E-state index < -0.39 is 0 Å². The third-order valence-corrected chi connectivity index (χ3v) is 5.47. The van der Waals surface area contributed by atoms with Crippen molar-refractivity contribution in [2.75, 3.05) is 26.2 Å². The third-order valence-electron chi connectivity index (χ3n) is 5.47. The lowest BCUT2D eigenvalue weighted by molar-refractivity contribution is -0.969. The summed E-state index contributed by atoms with van der Waals surface area (Å²) in [6.07, 6.45) is 8.15. The molecule has 2 aliphatic heterocycles. The molecule has 2 saturated heterocycles. The highest BCUT2D eigenvalue weighted by atomic mass is 15.2. The number of quaternary nitrogens is 2. The summed E-state index contributed by atoms with van der Waals surface area (Å²) >= 11 is 0. The van der Waals surface area contributed by atoms with E-state index in [2.05, 4.69) is 31.0 Å². The van der Waals surface area contributed by atoms with Crippen LogP contribution in [0.4, 0.5) is 0 Å². The van der Waals surface area contributed by atoms with Gasteiger partial charge < -0.3 is 9.80 Å². The molecule has 0 aliphatic carbocycles. The standard InChI is InChI=1S/C18H29N3/c1-15-10-16(2)13-21(12-15)18-5-8-20(9-6-18)14-17-4-3-7-19-11-17/h3-4,7,11,15-16,18H,5-6,8-10,12-14H2,1-2H3/p+2/t15-,16-/m0/s1. The molecule has 0 aromatic carbocycles. The summed E-state index contributed by atoms with van der Waals surface area (Å²) in [5, 5.41) is 0. The number of likely N-dealkylation sites (tertiary alicyclic amines) is 2. The van der Waals surface area contributed by atoms with E-state index in [0.29, 0.717) is 0 Å². The van der Waals surface area contributed by atoms with Gasteiger partial charge in [0, 0.05) is 42.6 Å². The van der Waals surface area contributed by atoms with Gasteiger partial charge in [0.15, 0.2) is 0 Å². The van der Waals surface area contributed by atoms with Crippen molar-refractivity contribution in [1.82, 2.24) is 4.98 Å². The second kappa shape index (κ2) is 6.89. The maximum absolute atomic E-state index is 4.24. The predicted octanol–water partition coefficient (Wildman–Crippen LogP) is 0.190. The van der Waals surface area contributed by atoms with Crippen molar-refractivity contribution in [3.63, 3.8) is 0 Å². The zero-order valence-electron chi connectivity index (χ0n) is 13.6. The van der Waals surface area contributed by atoms with Crippen molar-refractivity contribution in [2.45, 2.75) is 45.7 Å². The summed E-state index contributed by atoms with van der Waals surface area (Å²) in [6.45, 7) is 11.5. The molecule has 0 radical (unpaired) electrons. The molecule has 2 atom stereocenters. The summed E-state index contributed by atoms with van der Waals surface area (Å²) in [4.78, 5) is 7.89. The molecule has 1 aromatic rings. The van der Waals surface area contributed by atoms with Crippen LogP contribution < -0.4 is 9.80 Å². The Morgan fingerprint density at radius 3 is 2.48 bits per heavy atom. The van der Waals surface area contributed by atoms with E-state index in [4.69, 9.17) is 0 Å². The van der Waals surface area contributed by atoms with Gasteiger partial charge in [0.05, 0.1) is 32.2 Å². The highest BCUT2D eigenvalue weighted by Gasteiger charge is 2.34. The van der Waals surface area contributed by atoms with Crippen molar-refractivity contribution < 1.29 is 9.80 Å². The first-order valence-electron chi connectivity index (χ1n) is 8.77. The summed E-state index contributed by atoms with van der Waals surface area (Å²) < 4.78 is 0. The molecule has 21 heavy (non-hydrogen) atoms. The zero-order valence-corrected chi connectivity index (χ0v) is 13.6. The van der Waals surface area contributed by atoms with Crippen LogP contribution in [0.2, 0.25) is 0 Å². The van der Waals surface area contributed by atoms with E-state index in [1.807, 2.05) is 17.3 Å². The minimum atomic E-state index is 0.921. The molecule has 0 spiro atoms. The van der Waals surface area contributed by atoms with Gasteiger partial charge in [-0.1, -0.05) is 19.9 Å². The van der Waals surface area contributed by atoms with Crippen LogP contribution in [0.15, 0.2) is 24.5 Å². The van der Waals surface area contributed by atoms with E-state index in [0.717, 1.165) is 24.4 Å². The molecular weight excluding hydrogens is 258 g/mol. The lowest BCUT2D eigenvalue weighted by Gasteiger charge is -2.39. The van der Waals surface area contributed by atoms with Gasteiger partial charge in [0.2, 0.25) is 0 Å². The van der Waals surface area contributed by atoms with Gasteiger partial charge in [-0.3, -0.25) is 4.98 Å². The van der Waals surface area contributed by atoms with Crippen LogP contribution in [0.25, 0.3) is 0 Å². The largest absolute Gasteiger partial charge is 0.332 e. The first-order chi connectivity index (χ1) is 10.2. The van der Waals surface area contributed by atoms with Crippen molar-refractivity contribution in [3.05, 3.63) is 30.1 Å². The molecule has 2 aliphatic rings. The first-order valence-corrected chi connectivity index (χ1v) is 8.77. The van der Waals surface area contributed by atoms with Crippen LogP contribution in [0.3, 0.4) is 0 Å². The Hall–Kier alpha value is -0.930. The molecule has 1 aromatic heterocycles. The van der Waals surface area contributed by atoms with Crippen molar-refractivity contribution >= 4 is 0 Å². The topological polar surface area (TPSA) is 21.8 Å². The minimum Gasteiger partial charge on any atom is -0.332 e. The maximum atomic E-state index is 4.24. The van der Waals surface area contributed by atoms with Crippen molar-refractivity contribution in [2.24, 2.45) is 11.8 Å². The molecule has 3 heterocycles. The Balaban J connectivity index is 1.48. The van der Waals surface area contributed by atoms with Crippen molar-refractivity contribution in [1.29, 1.82) is 0 Å². The molecule has 3 rings (SSSR count). The number of pyridine rings is 1. The quantitative estimate of drug-likeness (QED) is 0.815. The Labute approximate surface area is 129 Å². The fourth-order valence-electron chi connectivity index (χ4n) is 4.57. The summed E-state index contributed by atoms with van der Waals surface area (Å²) in [6, 6.07) is 5.20. The van der Waals surface area contributed by atoms with Gasteiger partial charge in [0.1, 0.15) is 6.54 Å². The minimum absolute atomic E-state index is 0.921. The average Bonchev–Trinajstić information content (AvgIpc) is 2.48. The first kappa shape index (κ1) is 15.0. The SMILES string of the molecule is C[C@H]1C[C@H](C)C[NH+](C2CC[NH+](Cc3cccnc3)CC2)C1. The summed E-state index contributed by atoms with van der Waals surface area (Å²) in [5.41, 5.74) is 1.39. The summed E-state index contributed by atoms with van der Waals surface area (Å²) in [7, 11) is 0. The van der Waals surface area contributed by atoms with Crippen LogP contribution in [0.5, 0.6) is 0 Å². The number of nitrogens with one attached hydrogen (secondary N) is 2. The number of hydrogen-bond donors (Lipinski definition) is 2. The van der Waals surface area contributed by atoms with Gasteiger partial charge >= 0.3 is 0 Å². The molecule has 0 unspecified atom stereocenters. The molecular formula is C18H31N3+2. The number of rotatable bonds is 3. The van der Waals surface area contributed by atoms with Crippen LogP contribution in [-0.4, -0.2) is 37.2 Å². The van der Waals surface area contributed by atoms with E-state index in [1.165, 1.54) is 51.0 Å². The van der Waals surface area contributed by atoms with E-state index in [-0.39, 0.29) is 0 Å². The molecule has 3 heteroatoms. The van der Waals surface area contributed by atoms with Crippen molar-refractivity contribution in [3.8, 4) is 0 Å². The van der Waals surface area contributed by atoms with Crippen LogP contribution in [-0.2, 0) is 6.54 Å². The Kier molecular flexibility index (Phi) is 4.91. The van der Waals surface area contributed by atoms with Gasteiger partial charge in [-0.2, -0.15) is 0 Å². The van der Waals surface area contributed by atoms with E-state index in [9.17, 15) is 0 Å². The molecule has 2 N–H and O–H groups in total. The fourth-order valence-corrected chi connectivity index (χ4v) is 4.57. The molecule has 2 fully saturated rings. The van der Waals surface area contributed by atoms with Crippen LogP contribution >= 0.6 is 0 Å². The molecule has 3 nitrogen and oxygen atoms in total. The highest BCUT2D eigenvalue weighted by Crippen LogP contribution is 2.13. The van der Waals surface area contributed by atoms with Crippen LogP contribution in [0.1, 0.15) is 38.7 Å². The smallest absolute Gasteiger partial charge is 0.104 e. The van der Waals surface area contributed by atoms with Gasteiger partial charge in [-0.25, -0.2) is 0 Å². The molecule has 116 valence electrons. The summed E-state index contributed by atoms with van der Waals surface area (Å²) in [5.74, 6) is 1.84. The Morgan fingerprint density at radius 1 is 1.14 bits per heavy atom. The van der Waals surface area contributed by atoms with E-state index >= 15 is 0 Å².